The minimum Gasteiger partial charge on any atom is -0.465 e. The zero-order valence-electron chi connectivity index (χ0n) is 18.0. The van der Waals surface area contributed by atoms with E-state index < -0.39 is 5.97 Å². The second-order valence-electron chi connectivity index (χ2n) is 7.70. The first kappa shape index (κ1) is 23.4. The van der Waals surface area contributed by atoms with E-state index in [4.69, 9.17) is 17.0 Å². The summed E-state index contributed by atoms with van der Waals surface area (Å²) < 4.78 is 5.18. The zero-order chi connectivity index (χ0) is 22.9. The van der Waals surface area contributed by atoms with Gasteiger partial charge in [-0.1, -0.05) is 36.4 Å². The van der Waals surface area contributed by atoms with Gasteiger partial charge in [-0.25, -0.2) is 0 Å². The molecule has 3 N–H and O–H groups in total. The largest absolute Gasteiger partial charge is 0.465 e. The quantitative estimate of drug-likeness (QED) is 0.396. The Labute approximate surface area is 192 Å². The van der Waals surface area contributed by atoms with Crippen LogP contribution in [-0.2, 0) is 25.5 Å². The van der Waals surface area contributed by atoms with Crippen LogP contribution in [0.5, 0.6) is 0 Å². The number of nitrogens with one attached hydrogen (secondary N) is 3. The van der Waals surface area contributed by atoms with Crippen molar-refractivity contribution in [2.24, 2.45) is 5.92 Å². The topological polar surface area (TPSA) is 96.5 Å². The predicted molar refractivity (Wildman–Crippen MR) is 127 cm³/mol. The molecule has 2 amide bonds. The third-order valence-electron chi connectivity index (χ3n) is 5.09. The number of carbonyl (C=O) groups excluding carboxylic acids is 3. The van der Waals surface area contributed by atoms with Gasteiger partial charge in [-0.15, -0.1) is 0 Å². The highest BCUT2D eigenvalue weighted by molar-refractivity contribution is 7.80. The zero-order valence-corrected chi connectivity index (χ0v) is 18.8. The highest BCUT2D eigenvalue weighted by Gasteiger charge is 2.29. The number of benzene rings is 2. The maximum atomic E-state index is 12.1. The van der Waals surface area contributed by atoms with Gasteiger partial charge in [0.15, 0.2) is 5.11 Å². The second-order valence-corrected chi connectivity index (χ2v) is 8.11. The van der Waals surface area contributed by atoms with Crippen LogP contribution < -0.4 is 16.0 Å². The van der Waals surface area contributed by atoms with Crippen molar-refractivity contribution < 1.29 is 19.1 Å². The molecule has 3 rings (SSSR count). The Kier molecular flexibility index (Phi) is 8.33. The van der Waals surface area contributed by atoms with Crippen molar-refractivity contribution in [1.29, 1.82) is 0 Å². The average molecular weight is 454 g/mol. The Hall–Kier alpha value is -3.26. The number of thiocarbonyl (C=S) groups is 1. The third-order valence-corrected chi connectivity index (χ3v) is 5.30. The number of anilines is 2. The van der Waals surface area contributed by atoms with Gasteiger partial charge in [-0.3, -0.25) is 14.4 Å². The Morgan fingerprint density at radius 3 is 2.34 bits per heavy atom. The normalized spacial score (nSPS) is 12.5. The summed E-state index contributed by atoms with van der Waals surface area (Å²) in [6, 6.07) is 15.2. The molecule has 2 aromatic rings. The van der Waals surface area contributed by atoms with Crippen molar-refractivity contribution in [1.82, 2.24) is 5.32 Å². The number of ether oxygens (including phenoxy) is 1. The standard InChI is InChI=1S/C24H27N3O4S/c1-16-19(25-23(30)18-10-11-18)8-5-9-20(16)26-24(32)27-21(28)12-13-22(29)31-15-14-17-6-3-2-4-7-17/h2-9,18H,10-15H2,1H3,(H,25,30)(H2,26,27,28,32). The van der Waals surface area contributed by atoms with Gasteiger partial charge in [-0.2, -0.15) is 0 Å². The Morgan fingerprint density at radius 2 is 1.66 bits per heavy atom. The van der Waals surface area contributed by atoms with E-state index in [1.54, 1.807) is 6.07 Å². The summed E-state index contributed by atoms with van der Waals surface area (Å²) in [5, 5.41) is 8.59. The van der Waals surface area contributed by atoms with Gasteiger partial charge >= 0.3 is 5.97 Å². The number of carbonyl (C=O) groups is 3. The molecule has 0 heterocycles. The van der Waals surface area contributed by atoms with Gasteiger partial charge in [-0.05, 0) is 55.2 Å². The van der Waals surface area contributed by atoms with Crippen LogP contribution in [0, 0.1) is 12.8 Å². The summed E-state index contributed by atoms with van der Waals surface area (Å²) in [4.78, 5) is 36.0. The molecule has 0 aliphatic heterocycles. The minimum atomic E-state index is -0.426. The van der Waals surface area contributed by atoms with Crippen molar-refractivity contribution in [2.75, 3.05) is 17.2 Å². The molecular weight excluding hydrogens is 426 g/mol. The molecule has 0 unspecified atom stereocenters. The molecule has 1 aliphatic carbocycles. The highest BCUT2D eigenvalue weighted by Crippen LogP contribution is 2.31. The predicted octanol–water partition coefficient (Wildman–Crippen LogP) is 3.72. The van der Waals surface area contributed by atoms with Crippen LogP contribution in [0.4, 0.5) is 11.4 Å². The first-order chi connectivity index (χ1) is 15.4. The van der Waals surface area contributed by atoms with E-state index in [1.165, 1.54) is 0 Å². The maximum Gasteiger partial charge on any atom is 0.306 e. The summed E-state index contributed by atoms with van der Waals surface area (Å²) in [6.45, 7) is 2.14. The van der Waals surface area contributed by atoms with Crippen LogP contribution in [0.25, 0.3) is 0 Å². The summed E-state index contributed by atoms with van der Waals surface area (Å²) >= 11 is 5.21. The van der Waals surface area contributed by atoms with Crippen molar-refractivity contribution in [3.63, 3.8) is 0 Å². The van der Waals surface area contributed by atoms with E-state index >= 15 is 0 Å². The number of hydrogen-bond acceptors (Lipinski definition) is 5. The Bertz CT molecular complexity index is 990. The lowest BCUT2D eigenvalue weighted by molar-refractivity contribution is -0.144. The van der Waals surface area contributed by atoms with Crippen LogP contribution in [-0.4, -0.2) is 29.5 Å². The fourth-order valence-corrected chi connectivity index (χ4v) is 3.27. The molecule has 2 aromatic carbocycles. The van der Waals surface area contributed by atoms with E-state index in [-0.39, 0.29) is 42.3 Å². The molecule has 1 fully saturated rings. The lowest BCUT2D eigenvalue weighted by atomic mass is 10.1. The van der Waals surface area contributed by atoms with Crippen LogP contribution >= 0.6 is 12.2 Å². The first-order valence-corrected chi connectivity index (χ1v) is 11.0. The van der Waals surface area contributed by atoms with E-state index in [0.717, 1.165) is 24.0 Å². The summed E-state index contributed by atoms with van der Waals surface area (Å²) in [5.41, 5.74) is 3.30. The van der Waals surface area contributed by atoms with Crippen LogP contribution in [0.1, 0.15) is 36.8 Å². The molecule has 0 atom stereocenters. The molecule has 1 saturated carbocycles. The summed E-state index contributed by atoms with van der Waals surface area (Å²) in [5.74, 6) is -0.670. The van der Waals surface area contributed by atoms with Crippen LogP contribution in [0.2, 0.25) is 0 Å². The molecule has 0 aromatic heterocycles. The molecule has 7 nitrogen and oxygen atoms in total. The van der Waals surface area contributed by atoms with E-state index in [1.807, 2.05) is 49.4 Å². The highest BCUT2D eigenvalue weighted by atomic mass is 32.1. The fraction of sp³-hybridized carbons (Fsp3) is 0.333. The molecule has 0 radical (unpaired) electrons. The van der Waals surface area contributed by atoms with Gasteiger partial charge < -0.3 is 20.7 Å². The van der Waals surface area contributed by atoms with Gasteiger partial charge in [0.25, 0.3) is 0 Å². The van der Waals surface area contributed by atoms with E-state index in [2.05, 4.69) is 16.0 Å². The van der Waals surface area contributed by atoms with Gasteiger partial charge in [0.2, 0.25) is 11.8 Å². The second kappa shape index (κ2) is 11.4. The van der Waals surface area contributed by atoms with Gasteiger partial charge in [0.05, 0.1) is 13.0 Å². The maximum absolute atomic E-state index is 12.1. The monoisotopic (exact) mass is 453 g/mol. The van der Waals surface area contributed by atoms with Crippen molar-refractivity contribution >= 4 is 46.5 Å². The SMILES string of the molecule is Cc1c(NC(=O)C2CC2)cccc1NC(=S)NC(=O)CCC(=O)OCCc1ccccc1. The van der Waals surface area contributed by atoms with Gasteiger partial charge in [0, 0.05) is 30.1 Å². The third kappa shape index (κ3) is 7.46. The molecular formula is C24H27N3O4S. The molecule has 0 bridgehead atoms. The summed E-state index contributed by atoms with van der Waals surface area (Å²) in [6.07, 6.45) is 2.44. The number of hydrogen-bond donors (Lipinski definition) is 3. The fourth-order valence-electron chi connectivity index (χ4n) is 3.04. The van der Waals surface area contributed by atoms with Crippen molar-refractivity contribution in [3.8, 4) is 0 Å². The minimum absolute atomic E-state index is 0.0229. The first-order valence-electron chi connectivity index (χ1n) is 10.6. The van der Waals surface area contributed by atoms with Gasteiger partial charge in [0.1, 0.15) is 0 Å². The van der Waals surface area contributed by atoms with Crippen molar-refractivity contribution in [3.05, 3.63) is 59.7 Å². The smallest absolute Gasteiger partial charge is 0.306 e. The van der Waals surface area contributed by atoms with Crippen molar-refractivity contribution in [2.45, 2.75) is 39.0 Å². The molecule has 32 heavy (non-hydrogen) atoms. The lowest BCUT2D eigenvalue weighted by Gasteiger charge is -2.15. The molecule has 8 heteroatoms. The Balaban J connectivity index is 1.38. The number of esters is 1. The van der Waals surface area contributed by atoms with Crippen LogP contribution in [0.3, 0.4) is 0 Å². The number of rotatable bonds is 9. The Morgan fingerprint density at radius 1 is 0.969 bits per heavy atom. The van der Waals surface area contributed by atoms with E-state index in [9.17, 15) is 14.4 Å². The average Bonchev–Trinajstić information content (AvgIpc) is 3.61. The van der Waals surface area contributed by atoms with Crippen LogP contribution in [0.15, 0.2) is 48.5 Å². The number of amides is 2. The molecule has 1 aliphatic rings. The molecule has 168 valence electrons. The molecule has 0 spiro atoms. The summed E-state index contributed by atoms with van der Waals surface area (Å²) in [7, 11) is 0. The lowest BCUT2D eigenvalue weighted by Crippen LogP contribution is -2.34. The van der Waals surface area contributed by atoms with E-state index in [0.29, 0.717) is 17.8 Å². The molecule has 0 saturated heterocycles.